The number of carbonyl (C=O) groups is 1. The minimum absolute atomic E-state index is 0.0710. The van der Waals surface area contributed by atoms with Crippen molar-refractivity contribution >= 4 is 23.4 Å². The van der Waals surface area contributed by atoms with E-state index in [1.165, 1.54) is 11.8 Å². The summed E-state index contributed by atoms with van der Waals surface area (Å²) in [5.41, 5.74) is 6.51. The Balaban J connectivity index is 2.29. The summed E-state index contributed by atoms with van der Waals surface area (Å²) in [6.45, 7) is 2.87. The van der Waals surface area contributed by atoms with Crippen LogP contribution in [0.5, 0.6) is 0 Å². The molecule has 88 valence electrons. The predicted molar refractivity (Wildman–Crippen MR) is 69.5 cm³/mol. The van der Waals surface area contributed by atoms with Gasteiger partial charge in [0.05, 0.1) is 5.75 Å². The quantitative estimate of drug-likeness (QED) is 0.454. The highest BCUT2D eigenvalue weighted by Gasteiger charge is 2.03. The Labute approximate surface area is 101 Å². The number of hydrogen-bond acceptors (Lipinski definition) is 3. The van der Waals surface area contributed by atoms with Crippen molar-refractivity contribution in [1.82, 2.24) is 5.32 Å². The summed E-state index contributed by atoms with van der Waals surface area (Å²) < 4.78 is 0. The van der Waals surface area contributed by atoms with Crippen LogP contribution in [0.2, 0.25) is 0 Å². The highest BCUT2D eigenvalue weighted by Crippen LogP contribution is 2.23. The number of thioether (sulfide) groups is 1. The predicted octanol–water partition coefficient (Wildman–Crippen LogP) is 2.28. The molecule has 0 radical (unpaired) electrons. The van der Waals surface area contributed by atoms with E-state index < -0.39 is 0 Å². The molecular weight excluding hydrogens is 220 g/mol. The van der Waals surface area contributed by atoms with Crippen LogP contribution in [0.15, 0.2) is 29.2 Å². The van der Waals surface area contributed by atoms with Gasteiger partial charge in [0.15, 0.2) is 0 Å². The molecule has 1 aromatic carbocycles. The third-order valence-corrected chi connectivity index (χ3v) is 3.22. The second-order valence-corrected chi connectivity index (χ2v) is 4.55. The van der Waals surface area contributed by atoms with Crippen LogP contribution in [0.1, 0.15) is 19.8 Å². The number of nitrogens with one attached hydrogen (secondary N) is 1. The van der Waals surface area contributed by atoms with Crippen molar-refractivity contribution in [2.75, 3.05) is 18.0 Å². The lowest BCUT2D eigenvalue weighted by Crippen LogP contribution is -2.25. The van der Waals surface area contributed by atoms with E-state index in [1.807, 2.05) is 24.3 Å². The normalized spacial score (nSPS) is 10.1. The first-order valence-electron chi connectivity index (χ1n) is 5.48. The largest absolute Gasteiger partial charge is 0.398 e. The third-order valence-electron chi connectivity index (χ3n) is 2.13. The van der Waals surface area contributed by atoms with Gasteiger partial charge in [-0.1, -0.05) is 25.5 Å². The molecule has 1 amide bonds. The highest BCUT2D eigenvalue weighted by atomic mass is 32.2. The lowest BCUT2D eigenvalue weighted by molar-refractivity contribution is -0.118. The maximum Gasteiger partial charge on any atom is 0.230 e. The lowest BCUT2D eigenvalue weighted by atomic mass is 10.3. The molecule has 0 aliphatic carbocycles. The zero-order valence-corrected chi connectivity index (χ0v) is 10.3. The van der Waals surface area contributed by atoms with Crippen LogP contribution in [0.3, 0.4) is 0 Å². The molecular formula is C12H18N2OS. The number of nitrogen functional groups attached to an aromatic ring is 1. The number of anilines is 1. The van der Waals surface area contributed by atoms with E-state index in [0.29, 0.717) is 5.75 Å². The Kier molecular flexibility index (Phi) is 5.78. The summed E-state index contributed by atoms with van der Waals surface area (Å²) in [4.78, 5) is 12.4. The fourth-order valence-corrected chi connectivity index (χ4v) is 2.01. The molecule has 0 aromatic heterocycles. The van der Waals surface area contributed by atoms with E-state index in [4.69, 9.17) is 5.73 Å². The van der Waals surface area contributed by atoms with E-state index in [9.17, 15) is 4.79 Å². The molecule has 0 fully saturated rings. The maximum absolute atomic E-state index is 11.4. The Morgan fingerprint density at radius 1 is 1.44 bits per heavy atom. The van der Waals surface area contributed by atoms with Gasteiger partial charge in [-0.05, 0) is 18.6 Å². The van der Waals surface area contributed by atoms with Crippen LogP contribution in [0.25, 0.3) is 0 Å². The third kappa shape index (κ3) is 4.57. The molecule has 4 heteroatoms. The average Bonchev–Trinajstić information content (AvgIpc) is 2.28. The first-order chi connectivity index (χ1) is 7.74. The molecule has 1 aromatic rings. The molecule has 0 unspecified atom stereocenters. The van der Waals surface area contributed by atoms with Crippen molar-refractivity contribution in [3.05, 3.63) is 24.3 Å². The van der Waals surface area contributed by atoms with Gasteiger partial charge >= 0.3 is 0 Å². The molecule has 0 bridgehead atoms. The van der Waals surface area contributed by atoms with E-state index in [2.05, 4.69) is 12.2 Å². The van der Waals surface area contributed by atoms with E-state index in [1.54, 1.807) is 0 Å². The van der Waals surface area contributed by atoms with Gasteiger partial charge in [0, 0.05) is 17.1 Å². The number of hydrogen-bond donors (Lipinski definition) is 2. The molecule has 0 aliphatic rings. The number of para-hydroxylation sites is 1. The Morgan fingerprint density at radius 3 is 2.88 bits per heavy atom. The standard InChI is InChI=1S/C12H18N2OS/c1-2-3-8-14-12(15)9-16-11-7-5-4-6-10(11)13/h4-7H,2-3,8-9,13H2,1H3,(H,14,15). The number of benzene rings is 1. The van der Waals surface area contributed by atoms with Crippen LogP contribution < -0.4 is 11.1 Å². The summed E-state index contributed by atoms with van der Waals surface area (Å²) >= 11 is 1.48. The number of amides is 1. The summed E-state index contributed by atoms with van der Waals surface area (Å²) in [6, 6.07) is 7.59. The molecule has 0 saturated carbocycles. The van der Waals surface area contributed by atoms with Gasteiger partial charge in [-0.2, -0.15) is 0 Å². The van der Waals surface area contributed by atoms with Crippen molar-refractivity contribution < 1.29 is 4.79 Å². The smallest absolute Gasteiger partial charge is 0.230 e. The second kappa shape index (κ2) is 7.17. The fraction of sp³-hybridized carbons (Fsp3) is 0.417. The van der Waals surface area contributed by atoms with Crippen molar-refractivity contribution in [1.29, 1.82) is 0 Å². The average molecular weight is 238 g/mol. The fourth-order valence-electron chi connectivity index (χ4n) is 1.21. The molecule has 0 saturated heterocycles. The van der Waals surface area contributed by atoms with Gasteiger partial charge in [0.2, 0.25) is 5.91 Å². The topological polar surface area (TPSA) is 55.1 Å². The minimum Gasteiger partial charge on any atom is -0.398 e. The van der Waals surface area contributed by atoms with Crippen molar-refractivity contribution in [2.45, 2.75) is 24.7 Å². The van der Waals surface area contributed by atoms with E-state index in [0.717, 1.165) is 30.0 Å². The van der Waals surface area contributed by atoms with Gasteiger partial charge in [0.25, 0.3) is 0 Å². The van der Waals surface area contributed by atoms with E-state index in [-0.39, 0.29) is 5.91 Å². The lowest BCUT2D eigenvalue weighted by Gasteiger charge is -2.05. The van der Waals surface area contributed by atoms with Crippen molar-refractivity contribution in [3.8, 4) is 0 Å². The molecule has 1 rings (SSSR count). The molecule has 0 atom stereocenters. The Bertz CT molecular complexity index is 342. The van der Waals surface area contributed by atoms with Crippen LogP contribution >= 0.6 is 11.8 Å². The monoisotopic (exact) mass is 238 g/mol. The molecule has 0 aliphatic heterocycles. The first kappa shape index (κ1) is 12.9. The van der Waals surface area contributed by atoms with Crippen LogP contribution in [-0.2, 0) is 4.79 Å². The summed E-state index contributed by atoms with van der Waals surface area (Å²) in [6.07, 6.45) is 2.13. The maximum atomic E-state index is 11.4. The Morgan fingerprint density at radius 2 is 2.19 bits per heavy atom. The molecule has 16 heavy (non-hydrogen) atoms. The van der Waals surface area contributed by atoms with E-state index >= 15 is 0 Å². The zero-order chi connectivity index (χ0) is 11.8. The number of carbonyl (C=O) groups excluding carboxylic acids is 1. The molecule has 3 N–H and O–H groups in total. The van der Waals surface area contributed by atoms with Crippen LogP contribution in [-0.4, -0.2) is 18.2 Å². The summed E-state index contributed by atoms with van der Waals surface area (Å²) in [5, 5.41) is 2.87. The number of unbranched alkanes of at least 4 members (excludes halogenated alkanes) is 1. The number of nitrogens with two attached hydrogens (primary N) is 1. The van der Waals surface area contributed by atoms with Gasteiger partial charge in [0.1, 0.15) is 0 Å². The summed E-state index contributed by atoms with van der Waals surface area (Å²) in [7, 11) is 0. The molecule has 0 heterocycles. The summed E-state index contributed by atoms with van der Waals surface area (Å²) in [5.74, 6) is 0.500. The van der Waals surface area contributed by atoms with Gasteiger partial charge in [-0.25, -0.2) is 0 Å². The molecule has 0 spiro atoms. The van der Waals surface area contributed by atoms with Gasteiger partial charge in [-0.15, -0.1) is 11.8 Å². The first-order valence-corrected chi connectivity index (χ1v) is 6.46. The SMILES string of the molecule is CCCCNC(=O)CSc1ccccc1N. The second-order valence-electron chi connectivity index (χ2n) is 3.53. The van der Waals surface area contributed by atoms with Crippen LogP contribution in [0.4, 0.5) is 5.69 Å². The van der Waals surface area contributed by atoms with Crippen molar-refractivity contribution in [3.63, 3.8) is 0 Å². The molecule has 3 nitrogen and oxygen atoms in total. The van der Waals surface area contributed by atoms with Gasteiger partial charge < -0.3 is 11.1 Å². The number of rotatable bonds is 6. The highest BCUT2D eigenvalue weighted by molar-refractivity contribution is 8.00. The minimum atomic E-state index is 0.0710. The van der Waals surface area contributed by atoms with Crippen molar-refractivity contribution in [2.24, 2.45) is 0 Å². The van der Waals surface area contributed by atoms with Crippen LogP contribution in [0, 0.1) is 0 Å². The zero-order valence-electron chi connectivity index (χ0n) is 9.53. The Hall–Kier alpha value is -1.16. The van der Waals surface area contributed by atoms with Gasteiger partial charge in [-0.3, -0.25) is 4.79 Å².